The van der Waals surface area contributed by atoms with Crippen molar-refractivity contribution in [1.82, 2.24) is 15.0 Å². The van der Waals surface area contributed by atoms with E-state index in [1.54, 1.807) is 6.20 Å². The quantitative estimate of drug-likeness (QED) is 0.732. The van der Waals surface area contributed by atoms with Crippen LogP contribution in [0.5, 0.6) is 0 Å². The van der Waals surface area contributed by atoms with Crippen LogP contribution in [0.4, 0.5) is 0 Å². The van der Waals surface area contributed by atoms with Crippen LogP contribution in [0, 0.1) is 0 Å². The van der Waals surface area contributed by atoms with Crippen molar-refractivity contribution in [3.8, 4) is 0 Å². The Balaban J connectivity index is 1.72. The zero-order chi connectivity index (χ0) is 14.3. The Hall–Kier alpha value is -1.24. The normalized spacial score (nSPS) is 15.9. The second kappa shape index (κ2) is 7.52. The molecule has 0 bridgehead atoms. The summed E-state index contributed by atoms with van der Waals surface area (Å²) in [5, 5.41) is 3.24. The van der Waals surface area contributed by atoms with Crippen molar-refractivity contribution < 1.29 is 8.42 Å². The zero-order valence-electron chi connectivity index (χ0n) is 11.5. The summed E-state index contributed by atoms with van der Waals surface area (Å²) in [4.78, 5) is 4.13. The second-order valence-corrected chi connectivity index (χ2v) is 6.78. The Bertz CT molecular complexity index is 541. The fraction of sp³-hybridized carbons (Fsp3) is 0.500. The molecule has 2 rings (SSSR count). The number of nitrogens with one attached hydrogen (secondary N) is 2. The first-order valence-corrected chi connectivity index (χ1v) is 8.57. The van der Waals surface area contributed by atoms with Gasteiger partial charge in [-0.1, -0.05) is 17.7 Å². The monoisotopic (exact) mass is 295 g/mol. The van der Waals surface area contributed by atoms with E-state index in [-0.39, 0.29) is 5.75 Å². The van der Waals surface area contributed by atoms with Gasteiger partial charge >= 0.3 is 0 Å². The SMILES string of the molecule is O=S(=O)(CCc1ccccn1)NCCC1=CCNCC1. The van der Waals surface area contributed by atoms with Gasteiger partial charge in [-0.15, -0.1) is 0 Å². The first-order valence-electron chi connectivity index (χ1n) is 6.91. The highest BCUT2D eigenvalue weighted by Gasteiger charge is 2.11. The topological polar surface area (TPSA) is 71.1 Å². The van der Waals surface area contributed by atoms with Gasteiger partial charge < -0.3 is 5.32 Å². The van der Waals surface area contributed by atoms with Gasteiger partial charge in [-0.3, -0.25) is 4.98 Å². The summed E-state index contributed by atoms with van der Waals surface area (Å²) < 4.78 is 26.4. The fourth-order valence-electron chi connectivity index (χ4n) is 2.12. The molecule has 0 fully saturated rings. The predicted molar refractivity (Wildman–Crippen MR) is 79.9 cm³/mol. The Morgan fingerprint density at radius 3 is 2.90 bits per heavy atom. The molecule has 1 aromatic rings. The van der Waals surface area contributed by atoms with E-state index < -0.39 is 10.0 Å². The maximum atomic E-state index is 11.9. The van der Waals surface area contributed by atoms with Crippen molar-refractivity contribution in [3.05, 3.63) is 41.7 Å². The molecule has 110 valence electrons. The molecule has 0 amide bonds. The highest BCUT2D eigenvalue weighted by molar-refractivity contribution is 7.89. The summed E-state index contributed by atoms with van der Waals surface area (Å²) in [5.41, 5.74) is 2.13. The van der Waals surface area contributed by atoms with E-state index in [9.17, 15) is 8.42 Å². The summed E-state index contributed by atoms with van der Waals surface area (Å²) in [6.45, 7) is 2.36. The van der Waals surface area contributed by atoms with Crippen LogP contribution in [0.2, 0.25) is 0 Å². The average molecular weight is 295 g/mol. The van der Waals surface area contributed by atoms with Crippen LogP contribution in [0.3, 0.4) is 0 Å². The van der Waals surface area contributed by atoms with Crippen LogP contribution < -0.4 is 10.0 Å². The molecule has 0 unspecified atom stereocenters. The molecule has 5 nitrogen and oxygen atoms in total. The molecule has 1 aromatic heterocycles. The van der Waals surface area contributed by atoms with Crippen molar-refractivity contribution >= 4 is 10.0 Å². The Morgan fingerprint density at radius 2 is 2.20 bits per heavy atom. The summed E-state index contributed by atoms with van der Waals surface area (Å²) in [6, 6.07) is 5.53. The van der Waals surface area contributed by atoms with Gasteiger partial charge in [-0.2, -0.15) is 0 Å². The molecule has 2 N–H and O–H groups in total. The molecular weight excluding hydrogens is 274 g/mol. The molecule has 6 heteroatoms. The van der Waals surface area contributed by atoms with Gasteiger partial charge in [0.2, 0.25) is 10.0 Å². The maximum Gasteiger partial charge on any atom is 0.211 e. The number of sulfonamides is 1. The van der Waals surface area contributed by atoms with Gasteiger partial charge in [0.1, 0.15) is 0 Å². The number of hydrogen-bond acceptors (Lipinski definition) is 4. The van der Waals surface area contributed by atoms with Crippen molar-refractivity contribution in [1.29, 1.82) is 0 Å². The van der Waals surface area contributed by atoms with Gasteiger partial charge in [-0.05, 0) is 31.5 Å². The molecule has 0 saturated carbocycles. The van der Waals surface area contributed by atoms with Crippen LogP contribution in [0.15, 0.2) is 36.0 Å². The summed E-state index contributed by atoms with van der Waals surface area (Å²) >= 11 is 0. The number of rotatable bonds is 7. The number of aromatic nitrogens is 1. The van der Waals surface area contributed by atoms with E-state index in [0.717, 1.165) is 31.6 Å². The average Bonchev–Trinajstić information content (AvgIpc) is 2.47. The van der Waals surface area contributed by atoms with Crippen LogP contribution >= 0.6 is 0 Å². The fourth-order valence-corrected chi connectivity index (χ4v) is 3.16. The minimum atomic E-state index is -3.21. The largest absolute Gasteiger partial charge is 0.313 e. The molecule has 0 radical (unpaired) electrons. The van der Waals surface area contributed by atoms with Gasteiger partial charge in [0.15, 0.2) is 0 Å². The van der Waals surface area contributed by atoms with Crippen LogP contribution in [0.25, 0.3) is 0 Å². The maximum absolute atomic E-state index is 11.9. The molecule has 1 aliphatic rings. The van der Waals surface area contributed by atoms with Crippen molar-refractivity contribution in [2.45, 2.75) is 19.3 Å². The van der Waals surface area contributed by atoms with E-state index >= 15 is 0 Å². The third-order valence-electron chi connectivity index (χ3n) is 3.28. The van der Waals surface area contributed by atoms with E-state index in [0.29, 0.717) is 13.0 Å². The molecule has 0 aromatic carbocycles. The van der Waals surface area contributed by atoms with Crippen molar-refractivity contribution in [2.24, 2.45) is 0 Å². The predicted octanol–water partition coefficient (Wildman–Crippen LogP) is 0.853. The lowest BCUT2D eigenvalue weighted by molar-refractivity contribution is 0.578. The van der Waals surface area contributed by atoms with E-state index in [1.165, 1.54) is 5.57 Å². The number of pyridine rings is 1. The van der Waals surface area contributed by atoms with Crippen molar-refractivity contribution in [3.63, 3.8) is 0 Å². The summed E-state index contributed by atoms with van der Waals surface area (Å²) in [5.74, 6) is 0.0879. The number of aryl methyl sites for hydroxylation is 1. The minimum absolute atomic E-state index is 0.0879. The molecule has 20 heavy (non-hydrogen) atoms. The van der Waals surface area contributed by atoms with E-state index in [2.05, 4.69) is 21.1 Å². The molecular formula is C14H21N3O2S. The van der Waals surface area contributed by atoms with E-state index in [1.807, 2.05) is 18.2 Å². The summed E-state index contributed by atoms with van der Waals surface area (Å²) in [7, 11) is -3.21. The highest BCUT2D eigenvalue weighted by Crippen LogP contribution is 2.08. The van der Waals surface area contributed by atoms with Gasteiger partial charge in [-0.25, -0.2) is 13.1 Å². The van der Waals surface area contributed by atoms with Crippen molar-refractivity contribution in [2.75, 3.05) is 25.4 Å². The smallest absolute Gasteiger partial charge is 0.211 e. The van der Waals surface area contributed by atoms with Crippen LogP contribution in [-0.4, -0.2) is 38.8 Å². The van der Waals surface area contributed by atoms with E-state index in [4.69, 9.17) is 0 Å². The third-order valence-corrected chi connectivity index (χ3v) is 4.66. The first-order chi connectivity index (χ1) is 9.66. The number of nitrogens with zero attached hydrogens (tertiary/aromatic N) is 1. The van der Waals surface area contributed by atoms with Gasteiger partial charge in [0, 0.05) is 31.4 Å². The third kappa shape index (κ3) is 5.40. The first kappa shape index (κ1) is 15.2. The lowest BCUT2D eigenvalue weighted by atomic mass is 10.1. The molecule has 1 aliphatic heterocycles. The second-order valence-electron chi connectivity index (χ2n) is 4.85. The van der Waals surface area contributed by atoms with Crippen LogP contribution in [-0.2, 0) is 16.4 Å². The Kier molecular flexibility index (Phi) is 5.70. The van der Waals surface area contributed by atoms with Gasteiger partial charge in [0.25, 0.3) is 0 Å². The molecule has 2 heterocycles. The summed E-state index contributed by atoms with van der Waals surface area (Å²) in [6.07, 6.45) is 6.08. The standard InChI is InChI=1S/C14H21N3O2S/c18-20(19,12-7-14-3-1-2-8-16-14)17-11-6-13-4-9-15-10-5-13/h1-4,8,15,17H,5-7,9-12H2. The molecule has 0 spiro atoms. The number of hydrogen-bond donors (Lipinski definition) is 2. The molecule has 0 aliphatic carbocycles. The van der Waals surface area contributed by atoms with Gasteiger partial charge in [0.05, 0.1) is 5.75 Å². The molecule has 0 atom stereocenters. The lowest BCUT2D eigenvalue weighted by Gasteiger charge is -2.14. The van der Waals surface area contributed by atoms with Crippen LogP contribution in [0.1, 0.15) is 18.5 Å². The highest BCUT2D eigenvalue weighted by atomic mass is 32.2. The molecule has 0 saturated heterocycles. The lowest BCUT2D eigenvalue weighted by Crippen LogP contribution is -2.29. The Morgan fingerprint density at radius 1 is 1.30 bits per heavy atom. The zero-order valence-corrected chi connectivity index (χ0v) is 12.3. The minimum Gasteiger partial charge on any atom is -0.313 e. The Labute approximate surface area is 120 Å².